The van der Waals surface area contributed by atoms with Crippen molar-refractivity contribution in [2.45, 2.75) is 19.4 Å². The van der Waals surface area contributed by atoms with Crippen molar-refractivity contribution >= 4 is 5.82 Å². The summed E-state index contributed by atoms with van der Waals surface area (Å²) >= 11 is 0. The van der Waals surface area contributed by atoms with Crippen LogP contribution in [-0.2, 0) is 14.1 Å². The largest absolute Gasteiger partial charge is 0.364 e. The molecule has 0 bridgehead atoms. The fraction of sp³-hybridized carbons (Fsp3) is 0.667. The van der Waals surface area contributed by atoms with Gasteiger partial charge in [0.2, 0.25) is 5.82 Å². The number of hydrogen-bond donors (Lipinski definition) is 2. The van der Waals surface area contributed by atoms with Gasteiger partial charge in [0.1, 0.15) is 0 Å². The molecule has 1 unspecified atom stereocenters. The smallest absolute Gasteiger partial charge is 0.346 e. The Hall–Kier alpha value is -1.63. The lowest BCUT2D eigenvalue weighted by Crippen LogP contribution is -2.40. The zero-order valence-corrected chi connectivity index (χ0v) is 9.73. The summed E-state index contributed by atoms with van der Waals surface area (Å²) in [4.78, 5) is 23.0. The van der Waals surface area contributed by atoms with Gasteiger partial charge in [0.25, 0.3) is 5.56 Å². The summed E-state index contributed by atoms with van der Waals surface area (Å²) in [6.45, 7) is 2.44. The number of nitrogens with one attached hydrogen (secondary N) is 1. The predicted molar refractivity (Wildman–Crippen MR) is 61.5 cm³/mol. The summed E-state index contributed by atoms with van der Waals surface area (Å²) < 4.78 is 2.14. The van der Waals surface area contributed by atoms with Crippen LogP contribution in [0, 0.1) is 0 Å². The molecular weight excluding hydrogens is 210 g/mol. The van der Waals surface area contributed by atoms with Gasteiger partial charge in [-0.1, -0.05) is 0 Å². The highest BCUT2D eigenvalue weighted by molar-refractivity contribution is 5.29. The molecule has 3 N–H and O–H groups in total. The van der Waals surface area contributed by atoms with Gasteiger partial charge in [0.05, 0.1) is 0 Å². The molecule has 0 amide bonds. The molecule has 0 aromatic carbocycles. The molecule has 90 valence electrons. The van der Waals surface area contributed by atoms with Gasteiger partial charge in [-0.25, -0.2) is 9.48 Å². The molecule has 1 rings (SSSR count). The van der Waals surface area contributed by atoms with Crippen molar-refractivity contribution in [3.05, 3.63) is 20.8 Å². The van der Waals surface area contributed by atoms with Gasteiger partial charge >= 0.3 is 5.69 Å². The standard InChI is InChI=1S/C9H17N5O2/c1-6(10)4-5-11-7-8(15)13(2)9(16)14(3)12-7/h6H,4-5,10H2,1-3H3,(H,11,12). The first-order chi connectivity index (χ1) is 7.43. The second-order valence-electron chi connectivity index (χ2n) is 3.81. The lowest BCUT2D eigenvalue weighted by Gasteiger charge is -2.09. The van der Waals surface area contributed by atoms with E-state index in [0.717, 1.165) is 15.7 Å². The molecule has 0 spiro atoms. The zero-order valence-electron chi connectivity index (χ0n) is 9.73. The third-order valence-corrected chi connectivity index (χ3v) is 2.21. The maximum absolute atomic E-state index is 11.6. The average Bonchev–Trinajstić information content (AvgIpc) is 2.22. The van der Waals surface area contributed by atoms with E-state index in [1.165, 1.54) is 14.1 Å². The van der Waals surface area contributed by atoms with Crippen LogP contribution in [0.15, 0.2) is 9.59 Å². The Labute approximate surface area is 92.9 Å². The molecular formula is C9H17N5O2. The first-order valence-corrected chi connectivity index (χ1v) is 5.07. The van der Waals surface area contributed by atoms with E-state index >= 15 is 0 Å². The lowest BCUT2D eigenvalue weighted by molar-refractivity contribution is 0.601. The number of hydrogen-bond acceptors (Lipinski definition) is 5. The maximum Gasteiger partial charge on any atom is 0.346 e. The second kappa shape index (κ2) is 4.93. The van der Waals surface area contributed by atoms with Crippen molar-refractivity contribution in [3.63, 3.8) is 0 Å². The number of aromatic nitrogens is 3. The molecule has 0 fully saturated rings. The van der Waals surface area contributed by atoms with E-state index < -0.39 is 11.2 Å². The first kappa shape index (κ1) is 12.4. The molecule has 7 heteroatoms. The van der Waals surface area contributed by atoms with Crippen LogP contribution in [0.3, 0.4) is 0 Å². The predicted octanol–water partition coefficient (Wildman–Crippen LogP) is -1.37. The van der Waals surface area contributed by atoms with E-state index in [1.54, 1.807) is 0 Å². The second-order valence-corrected chi connectivity index (χ2v) is 3.81. The fourth-order valence-electron chi connectivity index (χ4n) is 1.23. The van der Waals surface area contributed by atoms with E-state index in [9.17, 15) is 9.59 Å². The van der Waals surface area contributed by atoms with Crippen LogP contribution in [0.25, 0.3) is 0 Å². The number of nitrogens with two attached hydrogens (primary N) is 1. The number of aryl methyl sites for hydroxylation is 1. The van der Waals surface area contributed by atoms with E-state index in [4.69, 9.17) is 5.73 Å². The van der Waals surface area contributed by atoms with Crippen molar-refractivity contribution in [1.29, 1.82) is 0 Å². The van der Waals surface area contributed by atoms with Gasteiger partial charge < -0.3 is 11.1 Å². The Morgan fingerprint density at radius 2 is 2.06 bits per heavy atom. The topological polar surface area (TPSA) is 94.9 Å². The van der Waals surface area contributed by atoms with Crippen LogP contribution in [0.2, 0.25) is 0 Å². The molecule has 16 heavy (non-hydrogen) atoms. The molecule has 7 nitrogen and oxygen atoms in total. The van der Waals surface area contributed by atoms with Gasteiger partial charge in [-0.05, 0) is 13.3 Å². The van der Waals surface area contributed by atoms with Crippen LogP contribution in [0.1, 0.15) is 13.3 Å². The Balaban J connectivity index is 2.90. The summed E-state index contributed by atoms with van der Waals surface area (Å²) in [5, 5.41) is 6.72. The Morgan fingerprint density at radius 3 is 2.62 bits per heavy atom. The quantitative estimate of drug-likeness (QED) is 0.661. The molecule has 1 aromatic rings. The average molecular weight is 227 g/mol. The number of nitrogens with zero attached hydrogens (tertiary/aromatic N) is 3. The summed E-state index contributed by atoms with van der Waals surface area (Å²) in [7, 11) is 2.92. The van der Waals surface area contributed by atoms with Crippen LogP contribution in [0.5, 0.6) is 0 Å². The van der Waals surface area contributed by atoms with E-state index in [1.807, 2.05) is 6.92 Å². The van der Waals surface area contributed by atoms with Gasteiger partial charge in [-0.3, -0.25) is 9.36 Å². The maximum atomic E-state index is 11.6. The SMILES string of the molecule is CC(N)CCNc1nn(C)c(=O)n(C)c1=O. The third-order valence-electron chi connectivity index (χ3n) is 2.21. The van der Waals surface area contributed by atoms with Crippen molar-refractivity contribution in [2.75, 3.05) is 11.9 Å². The van der Waals surface area contributed by atoms with Crippen LogP contribution in [-0.4, -0.2) is 26.9 Å². The lowest BCUT2D eigenvalue weighted by atomic mass is 10.2. The van der Waals surface area contributed by atoms with Crippen LogP contribution >= 0.6 is 0 Å². The van der Waals surface area contributed by atoms with Gasteiger partial charge in [-0.15, -0.1) is 5.10 Å². The Morgan fingerprint density at radius 1 is 1.44 bits per heavy atom. The molecule has 0 saturated heterocycles. The Kier molecular flexibility index (Phi) is 3.83. The molecule has 0 aliphatic carbocycles. The fourth-order valence-corrected chi connectivity index (χ4v) is 1.23. The van der Waals surface area contributed by atoms with E-state index in [-0.39, 0.29) is 11.9 Å². The molecule has 0 saturated carbocycles. The minimum absolute atomic E-state index is 0.0592. The summed E-state index contributed by atoms with van der Waals surface area (Å²) in [5.41, 5.74) is 4.71. The normalized spacial score (nSPS) is 12.5. The van der Waals surface area contributed by atoms with Crippen molar-refractivity contribution in [3.8, 4) is 0 Å². The number of rotatable bonds is 4. The first-order valence-electron chi connectivity index (χ1n) is 5.07. The molecule has 1 atom stereocenters. The molecule has 0 aliphatic heterocycles. The third kappa shape index (κ3) is 2.69. The molecule has 1 aromatic heterocycles. The van der Waals surface area contributed by atoms with Gasteiger partial charge in [0, 0.05) is 26.7 Å². The number of anilines is 1. The van der Waals surface area contributed by atoms with Crippen LogP contribution in [0.4, 0.5) is 5.82 Å². The summed E-state index contributed by atoms with van der Waals surface area (Å²) in [5.74, 6) is 0.172. The highest BCUT2D eigenvalue weighted by Gasteiger charge is 2.07. The van der Waals surface area contributed by atoms with E-state index in [0.29, 0.717) is 6.54 Å². The molecule has 0 radical (unpaired) electrons. The minimum atomic E-state index is -0.442. The van der Waals surface area contributed by atoms with Crippen LogP contribution < -0.4 is 22.3 Å². The monoisotopic (exact) mass is 227 g/mol. The minimum Gasteiger partial charge on any atom is -0.364 e. The highest BCUT2D eigenvalue weighted by atomic mass is 16.2. The van der Waals surface area contributed by atoms with Gasteiger partial charge in [-0.2, -0.15) is 0 Å². The molecule has 1 heterocycles. The van der Waals surface area contributed by atoms with Gasteiger partial charge in [0.15, 0.2) is 0 Å². The summed E-state index contributed by atoms with van der Waals surface area (Å²) in [6, 6.07) is 0.0592. The Bertz CT molecular complexity index is 474. The summed E-state index contributed by atoms with van der Waals surface area (Å²) in [6.07, 6.45) is 0.730. The van der Waals surface area contributed by atoms with Crippen molar-refractivity contribution < 1.29 is 0 Å². The van der Waals surface area contributed by atoms with E-state index in [2.05, 4.69) is 10.4 Å². The van der Waals surface area contributed by atoms with Crippen molar-refractivity contribution in [1.82, 2.24) is 14.3 Å². The molecule has 0 aliphatic rings. The van der Waals surface area contributed by atoms with Crippen molar-refractivity contribution in [2.24, 2.45) is 19.8 Å². The zero-order chi connectivity index (χ0) is 12.3. The highest BCUT2D eigenvalue weighted by Crippen LogP contribution is 1.91.